The molecule has 0 radical (unpaired) electrons. The number of aryl methyl sites for hydroxylation is 2. The van der Waals surface area contributed by atoms with Gasteiger partial charge in [-0.25, -0.2) is 13.4 Å². The van der Waals surface area contributed by atoms with Crippen LogP contribution in [0.5, 0.6) is 5.75 Å². The summed E-state index contributed by atoms with van der Waals surface area (Å²) in [4.78, 5) is 5.86. The third-order valence-electron chi connectivity index (χ3n) is 4.27. The minimum absolute atomic E-state index is 0.153. The van der Waals surface area contributed by atoms with Crippen molar-refractivity contribution in [1.29, 1.82) is 0 Å². The molecule has 0 bridgehead atoms. The van der Waals surface area contributed by atoms with Crippen molar-refractivity contribution in [1.82, 2.24) is 9.29 Å². The molecule has 0 fully saturated rings. The number of aromatic nitrogens is 1. The van der Waals surface area contributed by atoms with Crippen LogP contribution in [-0.2, 0) is 16.4 Å². The monoisotopic (exact) mass is 430 g/mol. The Morgan fingerprint density at radius 3 is 2.88 bits per heavy atom. The second kappa shape index (κ2) is 6.74. The highest BCUT2D eigenvalue weighted by Crippen LogP contribution is 2.40. The van der Waals surface area contributed by atoms with Crippen LogP contribution >= 0.6 is 27.3 Å². The van der Waals surface area contributed by atoms with Crippen molar-refractivity contribution in [2.45, 2.75) is 37.1 Å². The summed E-state index contributed by atoms with van der Waals surface area (Å²) >= 11 is 4.95. The van der Waals surface area contributed by atoms with Crippen LogP contribution in [0.25, 0.3) is 0 Å². The Morgan fingerprint density at radius 1 is 1.42 bits per heavy atom. The lowest BCUT2D eigenvalue weighted by atomic mass is 9.98. The maximum Gasteiger partial charge on any atom is 0.243 e. The van der Waals surface area contributed by atoms with Gasteiger partial charge in [0.15, 0.2) is 0 Å². The summed E-state index contributed by atoms with van der Waals surface area (Å²) in [6.07, 6.45) is 2.69. The van der Waals surface area contributed by atoms with Crippen LogP contribution in [0.2, 0.25) is 0 Å². The summed E-state index contributed by atoms with van der Waals surface area (Å²) in [5.74, 6) is 0.502. The molecule has 1 aromatic heterocycles. The third-order valence-corrected chi connectivity index (χ3v) is 7.90. The number of hydrogen-bond acceptors (Lipinski definition) is 5. The van der Waals surface area contributed by atoms with E-state index in [1.165, 1.54) is 11.4 Å². The first kappa shape index (κ1) is 17.8. The highest BCUT2D eigenvalue weighted by Gasteiger charge is 2.34. The molecular weight excluding hydrogens is 412 g/mol. The van der Waals surface area contributed by atoms with Gasteiger partial charge < -0.3 is 4.74 Å². The number of halogens is 1. The van der Waals surface area contributed by atoms with Gasteiger partial charge in [-0.15, -0.1) is 11.3 Å². The molecule has 3 rings (SSSR count). The summed E-state index contributed by atoms with van der Waals surface area (Å²) < 4.78 is 33.6. The zero-order valence-corrected chi connectivity index (χ0v) is 17.0. The lowest BCUT2D eigenvalue weighted by Crippen LogP contribution is -2.32. The number of hydrogen-bond donors (Lipinski definition) is 0. The zero-order valence-electron chi connectivity index (χ0n) is 13.7. The second-order valence-corrected chi connectivity index (χ2v) is 9.86. The smallest absolute Gasteiger partial charge is 0.243 e. The highest BCUT2D eigenvalue weighted by atomic mass is 79.9. The number of rotatable bonds is 4. The fraction of sp³-hybridized carbons (Fsp3) is 0.438. The predicted octanol–water partition coefficient (Wildman–Crippen LogP) is 3.92. The molecule has 1 unspecified atom stereocenters. The first-order valence-corrected chi connectivity index (χ1v) is 10.7. The molecule has 2 aromatic rings. The number of methoxy groups -OCH3 is 1. The molecular formula is C16H19BrN2O3S2. The molecule has 0 amide bonds. The first-order valence-electron chi connectivity index (χ1n) is 7.62. The van der Waals surface area contributed by atoms with E-state index in [4.69, 9.17) is 4.74 Å². The van der Waals surface area contributed by atoms with Crippen molar-refractivity contribution in [3.8, 4) is 5.75 Å². The quantitative estimate of drug-likeness (QED) is 0.737. The molecule has 24 heavy (non-hydrogen) atoms. The summed E-state index contributed by atoms with van der Waals surface area (Å²) in [6, 6.07) is 4.69. The van der Waals surface area contributed by atoms with Crippen molar-refractivity contribution in [2.75, 3.05) is 14.2 Å². The Morgan fingerprint density at radius 2 is 2.17 bits per heavy atom. The van der Waals surface area contributed by atoms with E-state index in [1.807, 2.05) is 6.92 Å². The van der Waals surface area contributed by atoms with Crippen molar-refractivity contribution < 1.29 is 13.2 Å². The van der Waals surface area contributed by atoms with E-state index in [1.54, 1.807) is 36.6 Å². The average Bonchev–Trinajstić information content (AvgIpc) is 2.94. The topological polar surface area (TPSA) is 59.5 Å². The summed E-state index contributed by atoms with van der Waals surface area (Å²) in [5, 5.41) is 0.989. The van der Waals surface area contributed by atoms with E-state index in [2.05, 4.69) is 20.9 Å². The molecule has 0 saturated carbocycles. The van der Waals surface area contributed by atoms with Gasteiger partial charge in [0, 0.05) is 18.0 Å². The SMILES string of the molecule is COc1cc(S(=O)(=O)N(C)C2CCCc3nc(C)sc32)ccc1Br. The summed E-state index contributed by atoms with van der Waals surface area (Å²) in [5.41, 5.74) is 1.05. The van der Waals surface area contributed by atoms with Crippen LogP contribution in [-0.4, -0.2) is 31.9 Å². The Hall–Kier alpha value is -0.960. The van der Waals surface area contributed by atoms with E-state index < -0.39 is 10.0 Å². The first-order chi connectivity index (χ1) is 11.3. The Balaban J connectivity index is 1.99. The summed E-state index contributed by atoms with van der Waals surface area (Å²) in [6.45, 7) is 1.97. The van der Waals surface area contributed by atoms with Crippen LogP contribution in [0.1, 0.15) is 34.5 Å². The van der Waals surface area contributed by atoms with Gasteiger partial charge in [-0.1, -0.05) is 0 Å². The predicted molar refractivity (Wildman–Crippen MR) is 98.2 cm³/mol. The van der Waals surface area contributed by atoms with Crippen LogP contribution in [0.3, 0.4) is 0 Å². The molecule has 0 spiro atoms. The maximum absolute atomic E-state index is 13.1. The number of nitrogens with zero attached hydrogens (tertiary/aromatic N) is 2. The molecule has 5 nitrogen and oxygen atoms in total. The average molecular weight is 431 g/mol. The van der Waals surface area contributed by atoms with Crippen LogP contribution in [0.4, 0.5) is 0 Å². The molecule has 1 aliphatic rings. The number of thiazole rings is 1. The van der Waals surface area contributed by atoms with Gasteiger partial charge >= 0.3 is 0 Å². The Labute approximate surface area is 154 Å². The lowest BCUT2D eigenvalue weighted by Gasteiger charge is -2.30. The fourth-order valence-corrected chi connectivity index (χ4v) is 6.00. The minimum atomic E-state index is -3.61. The van der Waals surface area contributed by atoms with Crippen molar-refractivity contribution in [3.63, 3.8) is 0 Å². The van der Waals surface area contributed by atoms with Gasteiger partial charge in [0.1, 0.15) is 5.75 Å². The second-order valence-electron chi connectivity index (χ2n) is 5.77. The third kappa shape index (κ3) is 3.12. The van der Waals surface area contributed by atoms with E-state index in [0.29, 0.717) is 5.75 Å². The highest BCUT2D eigenvalue weighted by molar-refractivity contribution is 9.10. The van der Waals surface area contributed by atoms with Crippen molar-refractivity contribution >= 4 is 37.3 Å². The maximum atomic E-state index is 13.1. The number of sulfonamides is 1. The molecule has 0 aliphatic heterocycles. The standard InChI is InChI=1S/C16H19BrN2O3S2/c1-10-18-13-5-4-6-14(16(13)23-10)19(2)24(20,21)11-7-8-12(17)15(9-11)22-3/h7-9,14H,4-6H2,1-3H3. The number of ether oxygens (including phenoxy) is 1. The molecule has 1 atom stereocenters. The van der Waals surface area contributed by atoms with Crippen molar-refractivity contribution in [2.24, 2.45) is 0 Å². The molecule has 130 valence electrons. The largest absolute Gasteiger partial charge is 0.496 e. The van der Waals surface area contributed by atoms with E-state index in [0.717, 1.165) is 39.3 Å². The Bertz CT molecular complexity index is 864. The van der Waals surface area contributed by atoms with Gasteiger partial charge in [-0.05, 0) is 54.2 Å². The molecule has 0 N–H and O–H groups in total. The zero-order chi connectivity index (χ0) is 17.5. The van der Waals surface area contributed by atoms with Gasteiger partial charge in [-0.2, -0.15) is 4.31 Å². The molecule has 1 aromatic carbocycles. The van der Waals surface area contributed by atoms with Crippen LogP contribution < -0.4 is 4.74 Å². The van der Waals surface area contributed by atoms with E-state index in [9.17, 15) is 8.42 Å². The minimum Gasteiger partial charge on any atom is -0.496 e. The van der Waals surface area contributed by atoms with Gasteiger partial charge in [-0.3, -0.25) is 0 Å². The van der Waals surface area contributed by atoms with Crippen molar-refractivity contribution in [3.05, 3.63) is 38.3 Å². The summed E-state index contributed by atoms with van der Waals surface area (Å²) in [7, 11) is -0.437. The molecule has 1 aliphatic carbocycles. The normalized spacial score (nSPS) is 17.8. The lowest BCUT2D eigenvalue weighted by molar-refractivity contribution is 0.341. The molecule has 1 heterocycles. The Kier molecular flexibility index (Phi) is 5.01. The molecule has 8 heteroatoms. The van der Waals surface area contributed by atoms with E-state index >= 15 is 0 Å². The fourth-order valence-electron chi connectivity index (χ4n) is 3.00. The van der Waals surface area contributed by atoms with Crippen LogP contribution in [0.15, 0.2) is 27.6 Å². The van der Waals surface area contributed by atoms with Gasteiger partial charge in [0.25, 0.3) is 0 Å². The number of benzene rings is 1. The van der Waals surface area contributed by atoms with Crippen LogP contribution in [0, 0.1) is 6.92 Å². The molecule has 0 saturated heterocycles. The van der Waals surface area contributed by atoms with Gasteiger partial charge in [0.2, 0.25) is 10.0 Å². The van der Waals surface area contributed by atoms with E-state index in [-0.39, 0.29) is 10.9 Å². The van der Waals surface area contributed by atoms with Gasteiger partial charge in [0.05, 0.1) is 33.2 Å². The number of fused-ring (bicyclic) bond motifs is 1.